The highest BCUT2D eigenvalue weighted by atomic mass is 35.5. The second-order valence-corrected chi connectivity index (χ2v) is 3.69. The molecule has 1 unspecified atom stereocenters. The van der Waals surface area contributed by atoms with Crippen LogP contribution in [-0.4, -0.2) is 29.7 Å². The molecule has 17 heavy (non-hydrogen) atoms. The summed E-state index contributed by atoms with van der Waals surface area (Å²) in [6, 6.07) is 8.99. The molecule has 0 saturated heterocycles. The molecule has 0 saturated carbocycles. The van der Waals surface area contributed by atoms with E-state index in [2.05, 4.69) is 5.32 Å². The summed E-state index contributed by atoms with van der Waals surface area (Å²) in [5.41, 5.74) is 6.78. The monoisotopic (exact) mass is 258 g/mol. The predicted molar refractivity (Wildman–Crippen MR) is 70.1 cm³/mol. The molecule has 0 aromatic heterocycles. The maximum absolute atomic E-state index is 11.3. The van der Waals surface area contributed by atoms with Crippen LogP contribution in [0.15, 0.2) is 30.3 Å². The summed E-state index contributed by atoms with van der Waals surface area (Å²) in [6.07, 6.45) is -0.667. The number of hydrogen-bond donors (Lipinski definition) is 3. The number of aliphatic hydroxyl groups is 1. The van der Waals surface area contributed by atoms with Gasteiger partial charge in [-0.25, -0.2) is 0 Å². The first-order chi connectivity index (χ1) is 7.65. The lowest BCUT2D eigenvalue weighted by Crippen LogP contribution is -2.47. The van der Waals surface area contributed by atoms with Gasteiger partial charge in [-0.15, -0.1) is 12.4 Å². The van der Waals surface area contributed by atoms with Crippen LogP contribution in [0.5, 0.6) is 0 Å². The zero-order chi connectivity index (χ0) is 12.0. The van der Waals surface area contributed by atoms with Crippen LogP contribution in [0.4, 0.5) is 0 Å². The van der Waals surface area contributed by atoms with Gasteiger partial charge in [0, 0.05) is 12.6 Å². The molecule has 0 spiro atoms. The van der Waals surface area contributed by atoms with Crippen molar-refractivity contribution in [2.24, 2.45) is 5.73 Å². The third-order valence-electron chi connectivity index (χ3n) is 2.34. The Bertz CT molecular complexity index is 333. The number of nitrogens with one attached hydrogen (secondary N) is 1. The fourth-order valence-electron chi connectivity index (χ4n) is 1.47. The number of aliphatic hydroxyl groups excluding tert-OH is 1. The number of likely N-dealkylation sites (N-methyl/N-ethyl adjacent to an activating group) is 1. The molecule has 0 aliphatic carbocycles. The first-order valence-electron chi connectivity index (χ1n) is 5.40. The van der Waals surface area contributed by atoms with E-state index in [1.165, 1.54) is 0 Å². The minimum Gasteiger partial charge on any atom is -0.382 e. The van der Waals surface area contributed by atoms with Crippen LogP contribution in [0.25, 0.3) is 0 Å². The first-order valence-corrected chi connectivity index (χ1v) is 5.40. The fourth-order valence-corrected chi connectivity index (χ4v) is 1.47. The van der Waals surface area contributed by atoms with E-state index >= 15 is 0 Å². The average Bonchev–Trinajstić information content (AvgIpc) is 2.29. The van der Waals surface area contributed by atoms with Crippen molar-refractivity contribution in [3.05, 3.63) is 35.9 Å². The maximum atomic E-state index is 11.3. The minimum absolute atomic E-state index is 0. The van der Waals surface area contributed by atoms with E-state index in [0.717, 1.165) is 5.56 Å². The molecular formula is C12H19ClN2O2. The molecule has 1 rings (SSSR count). The SMILES string of the molecule is CCNC(=O)C(O)[C@@H](N)Cc1ccccc1.Cl. The molecule has 0 heterocycles. The zero-order valence-corrected chi connectivity index (χ0v) is 10.6. The summed E-state index contributed by atoms with van der Waals surface area (Å²) in [5.74, 6) is -0.411. The van der Waals surface area contributed by atoms with Gasteiger partial charge < -0.3 is 16.2 Å². The lowest BCUT2D eigenvalue weighted by atomic mass is 10.0. The lowest BCUT2D eigenvalue weighted by molar-refractivity contribution is -0.130. The molecule has 1 aromatic carbocycles. The van der Waals surface area contributed by atoms with Crippen LogP contribution in [0.2, 0.25) is 0 Å². The standard InChI is InChI=1S/C12H18N2O2.ClH/c1-2-14-12(16)11(15)10(13)8-9-6-4-3-5-7-9;/h3-7,10-11,15H,2,8,13H2,1H3,(H,14,16);1H/t10-,11?;/m0./s1. The van der Waals surface area contributed by atoms with Crippen molar-refractivity contribution in [2.75, 3.05) is 6.54 Å². The molecule has 0 aliphatic heterocycles. The molecule has 1 aromatic rings. The average molecular weight is 259 g/mol. The number of amides is 1. The molecular weight excluding hydrogens is 240 g/mol. The van der Waals surface area contributed by atoms with E-state index in [4.69, 9.17) is 5.73 Å². The summed E-state index contributed by atoms with van der Waals surface area (Å²) >= 11 is 0. The van der Waals surface area contributed by atoms with Gasteiger partial charge in [0.25, 0.3) is 0 Å². The van der Waals surface area contributed by atoms with E-state index in [1.54, 1.807) is 6.92 Å². The van der Waals surface area contributed by atoms with Crippen molar-refractivity contribution in [2.45, 2.75) is 25.5 Å². The van der Waals surface area contributed by atoms with Gasteiger partial charge in [-0.05, 0) is 18.9 Å². The van der Waals surface area contributed by atoms with Crippen molar-refractivity contribution >= 4 is 18.3 Å². The largest absolute Gasteiger partial charge is 0.382 e. The van der Waals surface area contributed by atoms with Crippen molar-refractivity contribution in [1.29, 1.82) is 0 Å². The van der Waals surface area contributed by atoms with Crippen molar-refractivity contribution in [3.8, 4) is 0 Å². The van der Waals surface area contributed by atoms with Crippen LogP contribution >= 0.6 is 12.4 Å². The molecule has 2 atom stereocenters. The topological polar surface area (TPSA) is 75.3 Å². The Hall–Kier alpha value is -1.10. The quantitative estimate of drug-likeness (QED) is 0.719. The number of rotatable bonds is 5. The molecule has 0 aliphatic rings. The molecule has 96 valence electrons. The van der Waals surface area contributed by atoms with Crippen molar-refractivity contribution in [1.82, 2.24) is 5.32 Å². The van der Waals surface area contributed by atoms with Gasteiger partial charge in [0.2, 0.25) is 5.91 Å². The second-order valence-electron chi connectivity index (χ2n) is 3.69. The normalized spacial score (nSPS) is 13.4. The van der Waals surface area contributed by atoms with Gasteiger partial charge in [0.15, 0.2) is 0 Å². The van der Waals surface area contributed by atoms with Gasteiger partial charge in [-0.1, -0.05) is 30.3 Å². The number of carbonyl (C=O) groups is 1. The second kappa shape index (κ2) is 8.06. The molecule has 5 heteroatoms. The summed E-state index contributed by atoms with van der Waals surface area (Å²) in [5, 5.41) is 12.2. The Kier molecular flexibility index (Phi) is 7.54. The Morgan fingerprint density at radius 1 is 1.41 bits per heavy atom. The molecule has 4 nitrogen and oxygen atoms in total. The third-order valence-corrected chi connectivity index (χ3v) is 2.34. The Balaban J connectivity index is 0.00000256. The molecule has 4 N–H and O–H groups in total. The number of carbonyl (C=O) groups excluding carboxylic acids is 1. The van der Waals surface area contributed by atoms with E-state index in [0.29, 0.717) is 13.0 Å². The van der Waals surface area contributed by atoms with Gasteiger partial charge in [0.1, 0.15) is 6.10 Å². The number of halogens is 1. The maximum Gasteiger partial charge on any atom is 0.250 e. The molecule has 0 fully saturated rings. The van der Waals surface area contributed by atoms with Crippen LogP contribution < -0.4 is 11.1 Å². The molecule has 0 radical (unpaired) electrons. The van der Waals surface area contributed by atoms with E-state index in [9.17, 15) is 9.90 Å². The van der Waals surface area contributed by atoms with Crippen LogP contribution in [0.1, 0.15) is 12.5 Å². The zero-order valence-electron chi connectivity index (χ0n) is 9.80. The summed E-state index contributed by atoms with van der Waals surface area (Å²) in [6.45, 7) is 2.29. The van der Waals surface area contributed by atoms with Crippen molar-refractivity contribution in [3.63, 3.8) is 0 Å². The summed E-state index contributed by atoms with van der Waals surface area (Å²) in [4.78, 5) is 11.3. The highest BCUT2D eigenvalue weighted by Crippen LogP contribution is 2.04. The summed E-state index contributed by atoms with van der Waals surface area (Å²) < 4.78 is 0. The van der Waals surface area contributed by atoms with Gasteiger partial charge >= 0.3 is 0 Å². The third kappa shape index (κ3) is 5.17. The van der Waals surface area contributed by atoms with Gasteiger partial charge in [-0.2, -0.15) is 0 Å². The highest BCUT2D eigenvalue weighted by molar-refractivity contribution is 5.85. The Morgan fingerprint density at radius 2 is 2.00 bits per heavy atom. The molecule has 0 bridgehead atoms. The van der Waals surface area contributed by atoms with E-state index in [1.807, 2.05) is 30.3 Å². The lowest BCUT2D eigenvalue weighted by Gasteiger charge is -2.17. The fraction of sp³-hybridized carbons (Fsp3) is 0.417. The highest BCUT2D eigenvalue weighted by Gasteiger charge is 2.22. The van der Waals surface area contributed by atoms with Gasteiger partial charge in [-0.3, -0.25) is 4.79 Å². The molecule has 1 amide bonds. The number of nitrogens with two attached hydrogens (primary N) is 1. The van der Waals surface area contributed by atoms with E-state index in [-0.39, 0.29) is 12.4 Å². The van der Waals surface area contributed by atoms with Gasteiger partial charge in [0.05, 0.1) is 0 Å². The number of hydrogen-bond acceptors (Lipinski definition) is 3. The number of benzene rings is 1. The van der Waals surface area contributed by atoms with Crippen LogP contribution in [-0.2, 0) is 11.2 Å². The van der Waals surface area contributed by atoms with Crippen molar-refractivity contribution < 1.29 is 9.90 Å². The minimum atomic E-state index is -1.15. The van der Waals surface area contributed by atoms with E-state index < -0.39 is 18.1 Å². The van der Waals surface area contributed by atoms with Crippen LogP contribution in [0, 0.1) is 0 Å². The smallest absolute Gasteiger partial charge is 0.250 e. The Morgan fingerprint density at radius 3 is 2.53 bits per heavy atom. The Labute approximate surface area is 108 Å². The first kappa shape index (κ1) is 15.9. The predicted octanol–water partition coefficient (Wildman–Crippen LogP) is 0.475. The summed E-state index contributed by atoms with van der Waals surface area (Å²) in [7, 11) is 0. The van der Waals surface area contributed by atoms with Crippen LogP contribution in [0.3, 0.4) is 0 Å².